The topological polar surface area (TPSA) is 116 Å². The van der Waals surface area contributed by atoms with Crippen molar-refractivity contribution in [2.75, 3.05) is 19.8 Å². The Labute approximate surface area is 83.2 Å². The van der Waals surface area contributed by atoms with Crippen molar-refractivity contribution in [1.29, 1.82) is 0 Å². The molecule has 0 fully saturated rings. The predicted molar refractivity (Wildman–Crippen MR) is 51.2 cm³/mol. The second-order valence-electron chi connectivity index (χ2n) is 2.37. The SMILES string of the molecule is CCC(N)=O.NC(=O)CCOCCO. The quantitative estimate of drug-likeness (QED) is 0.471. The number of amides is 2. The summed E-state index contributed by atoms with van der Waals surface area (Å²) in [6, 6.07) is 0. The van der Waals surface area contributed by atoms with Crippen LogP contribution in [0.15, 0.2) is 0 Å². The molecule has 0 aromatic heterocycles. The van der Waals surface area contributed by atoms with Crippen LogP contribution in [0.25, 0.3) is 0 Å². The lowest BCUT2D eigenvalue weighted by molar-refractivity contribution is -0.119. The van der Waals surface area contributed by atoms with Crippen LogP contribution in [0.1, 0.15) is 19.8 Å². The Morgan fingerprint density at radius 1 is 1.21 bits per heavy atom. The summed E-state index contributed by atoms with van der Waals surface area (Å²) in [5.41, 5.74) is 9.45. The number of aliphatic hydroxyl groups is 1. The highest BCUT2D eigenvalue weighted by molar-refractivity contribution is 5.73. The number of primary amides is 2. The molecule has 6 heteroatoms. The lowest BCUT2D eigenvalue weighted by atomic mass is 10.4. The molecular weight excluding hydrogens is 188 g/mol. The van der Waals surface area contributed by atoms with Gasteiger partial charge in [-0.3, -0.25) is 9.59 Å². The number of hydrogen-bond acceptors (Lipinski definition) is 4. The Morgan fingerprint density at radius 3 is 2.00 bits per heavy atom. The number of nitrogens with two attached hydrogens (primary N) is 2. The van der Waals surface area contributed by atoms with Gasteiger partial charge in [0.05, 0.1) is 19.8 Å². The molecule has 0 aromatic carbocycles. The summed E-state index contributed by atoms with van der Waals surface area (Å²) in [6.45, 7) is 2.28. The van der Waals surface area contributed by atoms with E-state index in [4.69, 9.17) is 15.6 Å². The smallest absolute Gasteiger partial charge is 0.219 e. The first-order chi connectivity index (χ1) is 6.54. The zero-order valence-corrected chi connectivity index (χ0v) is 8.36. The third-order valence-electron chi connectivity index (χ3n) is 1.08. The summed E-state index contributed by atoms with van der Waals surface area (Å²) in [5, 5.41) is 8.19. The maximum Gasteiger partial charge on any atom is 0.219 e. The van der Waals surface area contributed by atoms with E-state index in [1.54, 1.807) is 6.92 Å². The summed E-state index contributed by atoms with van der Waals surface area (Å²) in [7, 11) is 0. The predicted octanol–water partition coefficient (Wildman–Crippen LogP) is -1.25. The van der Waals surface area contributed by atoms with E-state index in [1.165, 1.54) is 0 Å². The first-order valence-electron chi connectivity index (χ1n) is 4.29. The molecular formula is C8H18N2O4. The first kappa shape index (κ1) is 15.3. The highest BCUT2D eigenvalue weighted by atomic mass is 16.5. The molecule has 0 atom stereocenters. The molecule has 2 amide bonds. The average Bonchev–Trinajstić information content (AvgIpc) is 2.13. The molecule has 0 rings (SSSR count). The molecule has 0 radical (unpaired) electrons. The maximum absolute atomic E-state index is 10.0. The number of carbonyl (C=O) groups excluding carboxylic acids is 2. The summed E-state index contributed by atoms with van der Waals surface area (Å²) in [5.74, 6) is -0.627. The van der Waals surface area contributed by atoms with Crippen LogP contribution in [0.4, 0.5) is 0 Å². The number of ether oxygens (including phenoxy) is 1. The van der Waals surface area contributed by atoms with Crippen LogP contribution in [-0.2, 0) is 14.3 Å². The fraction of sp³-hybridized carbons (Fsp3) is 0.750. The van der Waals surface area contributed by atoms with E-state index in [2.05, 4.69) is 5.73 Å². The number of carbonyl (C=O) groups is 2. The van der Waals surface area contributed by atoms with Crippen molar-refractivity contribution in [3.05, 3.63) is 0 Å². The van der Waals surface area contributed by atoms with Crippen molar-refractivity contribution in [3.63, 3.8) is 0 Å². The number of aliphatic hydroxyl groups excluding tert-OH is 1. The molecule has 0 aromatic rings. The normalized spacial score (nSPS) is 8.71. The Bertz CT molecular complexity index is 161. The maximum atomic E-state index is 10.0. The van der Waals surface area contributed by atoms with Gasteiger partial charge in [0.25, 0.3) is 0 Å². The van der Waals surface area contributed by atoms with Gasteiger partial charge in [0.15, 0.2) is 0 Å². The fourth-order valence-corrected chi connectivity index (χ4v) is 0.339. The monoisotopic (exact) mass is 206 g/mol. The van der Waals surface area contributed by atoms with E-state index in [0.29, 0.717) is 13.0 Å². The summed E-state index contributed by atoms with van der Waals surface area (Å²) >= 11 is 0. The van der Waals surface area contributed by atoms with Crippen molar-refractivity contribution in [1.82, 2.24) is 0 Å². The molecule has 0 aliphatic heterocycles. The van der Waals surface area contributed by atoms with Crippen LogP contribution in [0.5, 0.6) is 0 Å². The van der Waals surface area contributed by atoms with Gasteiger partial charge in [-0.05, 0) is 0 Å². The Hall–Kier alpha value is -1.14. The van der Waals surface area contributed by atoms with Gasteiger partial charge < -0.3 is 21.3 Å². The standard InChI is InChI=1S/C5H11NO3.C3H7NO/c6-5(8)1-3-9-4-2-7;1-2-3(4)5/h7H,1-4H2,(H2,6,8);2H2,1H3,(H2,4,5). The van der Waals surface area contributed by atoms with Crippen LogP contribution in [0, 0.1) is 0 Å². The highest BCUT2D eigenvalue weighted by Crippen LogP contribution is 1.78. The highest BCUT2D eigenvalue weighted by Gasteiger charge is 1.91. The first-order valence-corrected chi connectivity index (χ1v) is 4.29. The van der Waals surface area contributed by atoms with Crippen molar-refractivity contribution in [2.24, 2.45) is 11.5 Å². The molecule has 0 spiro atoms. The molecule has 0 aliphatic carbocycles. The number of rotatable bonds is 6. The van der Waals surface area contributed by atoms with Crippen molar-refractivity contribution >= 4 is 11.8 Å². The third-order valence-corrected chi connectivity index (χ3v) is 1.08. The van der Waals surface area contributed by atoms with E-state index in [-0.39, 0.29) is 31.4 Å². The second kappa shape index (κ2) is 11.9. The Morgan fingerprint density at radius 2 is 1.71 bits per heavy atom. The fourth-order valence-electron chi connectivity index (χ4n) is 0.339. The molecule has 5 N–H and O–H groups in total. The Kier molecular flexibility index (Phi) is 13.0. The van der Waals surface area contributed by atoms with Crippen LogP contribution < -0.4 is 11.5 Å². The van der Waals surface area contributed by atoms with Crippen molar-refractivity contribution < 1.29 is 19.4 Å². The van der Waals surface area contributed by atoms with Gasteiger partial charge in [0, 0.05) is 12.8 Å². The minimum Gasteiger partial charge on any atom is -0.394 e. The molecule has 84 valence electrons. The molecule has 0 saturated carbocycles. The number of hydrogen-bond donors (Lipinski definition) is 3. The van der Waals surface area contributed by atoms with Gasteiger partial charge in [-0.25, -0.2) is 0 Å². The van der Waals surface area contributed by atoms with E-state index in [1.807, 2.05) is 0 Å². The molecule has 0 bridgehead atoms. The van der Waals surface area contributed by atoms with Crippen LogP contribution in [0.3, 0.4) is 0 Å². The van der Waals surface area contributed by atoms with Crippen molar-refractivity contribution in [3.8, 4) is 0 Å². The van der Waals surface area contributed by atoms with Crippen LogP contribution in [0.2, 0.25) is 0 Å². The lowest BCUT2D eigenvalue weighted by Crippen LogP contribution is -2.14. The van der Waals surface area contributed by atoms with E-state index in [9.17, 15) is 9.59 Å². The van der Waals surface area contributed by atoms with Gasteiger partial charge in [-0.15, -0.1) is 0 Å². The molecule has 14 heavy (non-hydrogen) atoms. The zero-order valence-electron chi connectivity index (χ0n) is 8.36. The van der Waals surface area contributed by atoms with Gasteiger partial charge in [-0.1, -0.05) is 6.92 Å². The molecule has 0 saturated heterocycles. The van der Waals surface area contributed by atoms with Gasteiger partial charge in [0.1, 0.15) is 0 Å². The van der Waals surface area contributed by atoms with Crippen LogP contribution in [-0.4, -0.2) is 36.7 Å². The summed E-state index contributed by atoms with van der Waals surface area (Å²) in [4.78, 5) is 19.6. The zero-order chi connectivity index (χ0) is 11.4. The minimum absolute atomic E-state index is 0.0151. The van der Waals surface area contributed by atoms with E-state index >= 15 is 0 Å². The minimum atomic E-state index is -0.382. The molecule has 6 nitrogen and oxygen atoms in total. The van der Waals surface area contributed by atoms with Gasteiger partial charge in [0.2, 0.25) is 11.8 Å². The van der Waals surface area contributed by atoms with Gasteiger partial charge in [-0.2, -0.15) is 0 Å². The van der Waals surface area contributed by atoms with E-state index in [0.717, 1.165) is 0 Å². The lowest BCUT2D eigenvalue weighted by Gasteiger charge is -1.97. The van der Waals surface area contributed by atoms with Crippen molar-refractivity contribution in [2.45, 2.75) is 19.8 Å². The average molecular weight is 206 g/mol. The molecule has 0 heterocycles. The summed E-state index contributed by atoms with van der Waals surface area (Å²) in [6.07, 6.45) is 0.667. The van der Waals surface area contributed by atoms with Crippen LogP contribution >= 0.6 is 0 Å². The molecule has 0 unspecified atom stereocenters. The second-order valence-corrected chi connectivity index (χ2v) is 2.37. The third kappa shape index (κ3) is 22.4. The van der Waals surface area contributed by atoms with E-state index < -0.39 is 0 Å². The largest absolute Gasteiger partial charge is 0.394 e. The molecule has 0 aliphatic rings. The van der Waals surface area contributed by atoms with Gasteiger partial charge >= 0.3 is 0 Å². The Balaban J connectivity index is 0. The summed E-state index contributed by atoms with van der Waals surface area (Å²) < 4.78 is 4.74.